The smallest absolute Gasteiger partial charge is 0.167 e. The van der Waals surface area contributed by atoms with Crippen LogP contribution in [-0.2, 0) is 11.3 Å². The molecule has 0 aliphatic carbocycles. The fourth-order valence-corrected chi connectivity index (χ4v) is 5.72. The number of fused-ring (bicyclic) bond motifs is 1. The first-order valence-electron chi connectivity index (χ1n) is 17.8. The second-order valence-electron chi connectivity index (χ2n) is 12.7. The van der Waals surface area contributed by atoms with Gasteiger partial charge in [0.2, 0.25) is 0 Å². The van der Waals surface area contributed by atoms with E-state index in [0.29, 0.717) is 12.5 Å². The Hall–Kier alpha value is -3.95. The number of benzene rings is 1. The first kappa shape index (κ1) is 38.5. The lowest BCUT2D eigenvalue weighted by Crippen LogP contribution is -2.43. The number of likely N-dealkylation sites (N-methyl/N-ethyl adjacent to an activating group) is 2. The molecule has 1 fully saturated rings. The van der Waals surface area contributed by atoms with E-state index in [9.17, 15) is 4.79 Å². The van der Waals surface area contributed by atoms with Crippen molar-refractivity contribution in [2.24, 2.45) is 0 Å². The number of carbonyl (C=O) groups is 1. The zero-order valence-electron chi connectivity index (χ0n) is 30.2. The molecule has 9 nitrogen and oxygen atoms in total. The highest BCUT2D eigenvalue weighted by atomic mass is 16.5. The predicted molar refractivity (Wildman–Crippen MR) is 199 cm³/mol. The highest BCUT2D eigenvalue weighted by molar-refractivity contribution is 5.79. The number of likely N-dealkylation sites (tertiary alicyclic amines) is 1. The van der Waals surface area contributed by atoms with Crippen LogP contribution < -0.4 is 16.0 Å². The average Bonchev–Trinajstić information content (AvgIpc) is 3.53. The van der Waals surface area contributed by atoms with Gasteiger partial charge >= 0.3 is 0 Å². The Morgan fingerprint density at radius 3 is 2.65 bits per heavy atom. The molecular formula is C39H59N7O2. The number of pyridine rings is 1. The number of nitrogens with zero attached hydrogens (tertiary/aromatic N) is 4. The van der Waals surface area contributed by atoms with Gasteiger partial charge < -0.3 is 25.0 Å². The van der Waals surface area contributed by atoms with Crippen molar-refractivity contribution in [1.29, 1.82) is 0 Å². The second-order valence-corrected chi connectivity index (χ2v) is 12.7. The maximum absolute atomic E-state index is 11.7. The first-order chi connectivity index (χ1) is 23.4. The van der Waals surface area contributed by atoms with Gasteiger partial charge in [0, 0.05) is 63.8 Å². The highest BCUT2D eigenvalue weighted by Crippen LogP contribution is 2.23. The number of aldehydes is 1. The van der Waals surface area contributed by atoms with Crippen molar-refractivity contribution < 1.29 is 9.32 Å². The molecule has 0 saturated carbocycles. The molecule has 0 spiro atoms. The Morgan fingerprint density at radius 1 is 1.12 bits per heavy atom. The van der Waals surface area contributed by atoms with Crippen LogP contribution in [0.5, 0.6) is 0 Å². The molecule has 2 atom stereocenters. The predicted octanol–water partition coefficient (Wildman–Crippen LogP) is 7.21. The Morgan fingerprint density at radius 2 is 1.92 bits per heavy atom. The molecule has 0 amide bonds. The number of unbranched alkanes of at least 4 members (excludes halogenated alkanes) is 2. The molecule has 48 heavy (non-hydrogen) atoms. The Balaban J connectivity index is 0.000000328. The molecule has 2 unspecified atom stereocenters. The lowest BCUT2D eigenvalue weighted by Gasteiger charge is -2.36. The van der Waals surface area contributed by atoms with Crippen molar-refractivity contribution >= 4 is 23.3 Å². The Kier molecular flexibility index (Phi) is 17.5. The van der Waals surface area contributed by atoms with Crippen molar-refractivity contribution in [3.05, 3.63) is 89.3 Å². The van der Waals surface area contributed by atoms with Crippen LogP contribution in [0.3, 0.4) is 0 Å². The summed E-state index contributed by atoms with van der Waals surface area (Å²) >= 11 is 0. The lowest BCUT2D eigenvalue weighted by molar-refractivity contribution is -0.110. The molecule has 1 saturated heterocycles. The summed E-state index contributed by atoms with van der Waals surface area (Å²) in [6.07, 6.45) is 21.3. The maximum Gasteiger partial charge on any atom is 0.167 e. The van der Waals surface area contributed by atoms with Crippen molar-refractivity contribution in [2.75, 3.05) is 40.3 Å². The molecule has 2 aromatic heterocycles. The summed E-state index contributed by atoms with van der Waals surface area (Å²) in [6.45, 7) is 13.1. The molecule has 3 N–H and O–H groups in total. The first-order valence-corrected chi connectivity index (χ1v) is 17.8. The van der Waals surface area contributed by atoms with Crippen molar-refractivity contribution in [2.45, 2.75) is 91.3 Å². The van der Waals surface area contributed by atoms with Crippen LogP contribution in [-0.4, -0.2) is 72.7 Å². The van der Waals surface area contributed by atoms with E-state index in [4.69, 9.17) is 4.52 Å². The zero-order valence-corrected chi connectivity index (χ0v) is 30.2. The molecule has 3 heterocycles. The molecule has 9 heteroatoms. The van der Waals surface area contributed by atoms with E-state index in [1.54, 1.807) is 0 Å². The number of aromatic nitrogens is 2. The van der Waals surface area contributed by atoms with Gasteiger partial charge in [-0.15, -0.1) is 0 Å². The minimum atomic E-state index is -0.515. The third-order valence-corrected chi connectivity index (χ3v) is 8.70. The standard InChI is InChI=1S/C25H37N5O2.C14H22N2/c1-3-4-5-6-10-15-29(2)25(30-16-11-7-12-17-30)19-27-24(20-31)26-18-22-21-13-8-9-14-23(21)32-28-22;1-5-12(3)14-6-7-16-10-13(14)8-11(2)9-15-4/h6,8-10,13-14,19-20,24,26-27H,3-5,7,11-12,15-18H2,1-2H3;6-8,10,12,15H,5,9H2,1-4H3/b10-6-,25-19+;11-8+. The summed E-state index contributed by atoms with van der Waals surface area (Å²) in [4.78, 5) is 20.6. The monoisotopic (exact) mass is 657 g/mol. The quantitative estimate of drug-likeness (QED) is 0.0567. The number of piperidine rings is 1. The topological polar surface area (TPSA) is 98.6 Å². The van der Waals surface area contributed by atoms with E-state index in [1.807, 2.05) is 49.9 Å². The van der Waals surface area contributed by atoms with E-state index in [0.717, 1.165) is 67.8 Å². The van der Waals surface area contributed by atoms with Gasteiger partial charge in [-0.3, -0.25) is 15.1 Å². The van der Waals surface area contributed by atoms with E-state index < -0.39 is 6.17 Å². The Bertz CT molecular complexity index is 1440. The van der Waals surface area contributed by atoms with Gasteiger partial charge in [-0.05, 0) is 81.3 Å². The van der Waals surface area contributed by atoms with Crippen LogP contribution in [0.4, 0.5) is 0 Å². The van der Waals surface area contributed by atoms with Gasteiger partial charge in [0.1, 0.15) is 17.7 Å². The zero-order chi connectivity index (χ0) is 34.6. The molecular weight excluding hydrogens is 598 g/mol. The van der Waals surface area contributed by atoms with Gasteiger partial charge in [-0.1, -0.05) is 74.7 Å². The minimum Gasteiger partial charge on any atom is -0.367 e. The number of nitrogens with one attached hydrogen (secondary N) is 3. The largest absolute Gasteiger partial charge is 0.367 e. The third-order valence-electron chi connectivity index (χ3n) is 8.70. The molecule has 4 rings (SSSR count). The third kappa shape index (κ3) is 12.6. The van der Waals surface area contributed by atoms with Gasteiger partial charge in [0.05, 0.1) is 0 Å². The number of hydrogen-bond acceptors (Lipinski definition) is 9. The summed E-state index contributed by atoms with van der Waals surface area (Å²) in [5, 5.41) is 14.7. The summed E-state index contributed by atoms with van der Waals surface area (Å²) < 4.78 is 5.36. The summed E-state index contributed by atoms with van der Waals surface area (Å²) in [5.41, 5.74) is 5.53. The van der Waals surface area contributed by atoms with Crippen LogP contribution in [0.2, 0.25) is 0 Å². The summed E-state index contributed by atoms with van der Waals surface area (Å²) in [7, 11) is 4.08. The van der Waals surface area contributed by atoms with Crippen molar-refractivity contribution in [3.8, 4) is 0 Å². The maximum atomic E-state index is 11.7. The van der Waals surface area contributed by atoms with Crippen molar-refractivity contribution in [3.63, 3.8) is 0 Å². The molecule has 0 bridgehead atoms. The summed E-state index contributed by atoms with van der Waals surface area (Å²) in [6, 6.07) is 9.87. The van der Waals surface area contributed by atoms with Gasteiger partial charge in [-0.2, -0.15) is 0 Å². The van der Waals surface area contributed by atoms with Crippen LogP contribution in [0.25, 0.3) is 17.0 Å². The number of rotatable bonds is 18. The number of hydrogen-bond donors (Lipinski definition) is 3. The van der Waals surface area contributed by atoms with Crippen molar-refractivity contribution in [1.82, 2.24) is 35.9 Å². The van der Waals surface area contributed by atoms with E-state index >= 15 is 0 Å². The number of allylic oxidation sites excluding steroid dienone is 1. The van der Waals surface area contributed by atoms with E-state index in [1.165, 1.54) is 48.8 Å². The van der Waals surface area contributed by atoms with Gasteiger partial charge in [0.25, 0.3) is 0 Å². The van der Waals surface area contributed by atoms with Crippen LogP contribution in [0.15, 0.2) is 77.0 Å². The van der Waals surface area contributed by atoms with Crippen LogP contribution in [0, 0.1) is 0 Å². The second kappa shape index (κ2) is 21.8. The molecule has 0 radical (unpaired) electrons. The molecule has 262 valence electrons. The SMILES string of the molecule is CCC(C)c1ccncc1/C=C(\C)CNC.CCCC/C=C\CN(C)/C(=C\NC(C=O)NCc1noc2ccccc12)N1CCCCC1. The molecule has 1 aromatic carbocycles. The van der Waals surface area contributed by atoms with E-state index in [-0.39, 0.29) is 0 Å². The normalized spacial score (nSPS) is 15.2. The highest BCUT2D eigenvalue weighted by Gasteiger charge is 2.17. The van der Waals surface area contributed by atoms with E-state index in [2.05, 4.69) is 94.9 Å². The molecule has 3 aromatic rings. The van der Waals surface area contributed by atoms with Crippen LogP contribution >= 0.6 is 0 Å². The average molecular weight is 658 g/mol. The van der Waals surface area contributed by atoms with Crippen LogP contribution in [0.1, 0.15) is 95.4 Å². The Labute approximate surface area is 288 Å². The summed E-state index contributed by atoms with van der Waals surface area (Å²) in [5.74, 6) is 1.71. The number of para-hydroxylation sites is 1. The van der Waals surface area contributed by atoms with Gasteiger partial charge in [-0.25, -0.2) is 0 Å². The fraction of sp³-hybridized carbons (Fsp3) is 0.513. The molecule has 1 aliphatic heterocycles. The number of carbonyl (C=O) groups excluding carboxylic acids is 1. The fourth-order valence-electron chi connectivity index (χ4n) is 5.72. The van der Waals surface area contributed by atoms with Gasteiger partial charge in [0.15, 0.2) is 11.9 Å². The minimum absolute atomic E-state index is 0.441. The molecule has 1 aliphatic rings. The lowest BCUT2D eigenvalue weighted by atomic mass is 9.94.